The fourth-order valence-electron chi connectivity index (χ4n) is 6.29. The highest BCUT2D eigenvalue weighted by Crippen LogP contribution is 2.31. The predicted molar refractivity (Wildman–Crippen MR) is 190 cm³/mol. The number of anilines is 2. The topological polar surface area (TPSA) is 166 Å². The van der Waals surface area contributed by atoms with Crippen LogP contribution in [0.1, 0.15) is 72.9 Å². The van der Waals surface area contributed by atoms with E-state index in [1.807, 2.05) is 0 Å². The fraction of sp³-hybridized carbons (Fsp3) is 0.314. The maximum atomic E-state index is 14.2. The molecule has 0 unspecified atom stereocenters. The van der Waals surface area contributed by atoms with Gasteiger partial charge in [0, 0.05) is 60.8 Å². The van der Waals surface area contributed by atoms with E-state index in [9.17, 15) is 18.4 Å². The molecular weight excluding hydrogens is 696 g/mol. The van der Waals surface area contributed by atoms with E-state index in [0.29, 0.717) is 28.6 Å². The van der Waals surface area contributed by atoms with Crippen LogP contribution in [0.3, 0.4) is 0 Å². The predicted octanol–water partition coefficient (Wildman–Crippen LogP) is 5.99. The van der Waals surface area contributed by atoms with Gasteiger partial charge in [-0.3, -0.25) is 9.59 Å². The summed E-state index contributed by atoms with van der Waals surface area (Å²) in [7, 11) is 0. The Balaban J connectivity index is 0.000000192. The summed E-state index contributed by atoms with van der Waals surface area (Å²) in [5.41, 5.74) is 2.46. The Morgan fingerprint density at radius 3 is 1.69 bits per heavy atom. The first-order chi connectivity index (χ1) is 24.5. The SMILES string of the molecule is Cc1cn2cc(NC(=O)c3cnc(Cl)cn3)cc(F)c2n1.Cc1cn2cc(NC(=O)c3cnc(OC4CC(C)(C)NC(C)(C)C4)cn3)cc(F)c2n1. The summed E-state index contributed by atoms with van der Waals surface area (Å²) >= 11 is 5.60. The minimum atomic E-state index is -0.525. The molecule has 1 saturated heterocycles. The molecule has 1 aliphatic heterocycles. The molecule has 6 aromatic rings. The van der Waals surface area contributed by atoms with E-state index in [4.69, 9.17) is 16.3 Å². The Morgan fingerprint density at radius 1 is 0.769 bits per heavy atom. The molecule has 1 fully saturated rings. The standard InChI is InChI=1S/C22H27FN6O2.C13H9ClFN5O/c1-13-11-29-12-14(6-16(23)19(29)26-13)27-20(30)17-9-25-18(10-24-17)31-15-7-21(2,3)28-22(4,5)8-15;1-7-5-20-6-8(2-9(15)12(20)18-7)19-13(21)10-3-17-11(14)4-16-10/h6,9-12,15,28H,7-8H2,1-5H3,(H,27,30);2-6H,1H3,(H,19,21). The van der Waals surface area contributed by atoms with Gasteiger partial charge in [-0.1, -0.05) is 11.6 Å². The van der Waals surface area contributed by atoms with Crippen molar-refractivity contribution in [2.45, 2.75) is 71.6 Å². The first-order valence-corrected chi connectivity index (χ1v) is 16.6. The van der Waals surface area contributed by atoms with E-state index in [1.54, 1.807) is 38.6 Å². The number of nitrogens with one attached hydrogen (secondary N) is 3. The molecule has 7 heterocycles. The quantitative estimate of drug-likeness (QED) is 0.185. The third-order valence-corrected chi connectivity index (χ3v) is 8.12. The summed E-state index contributed by atoms with van der Waals surface area (Å²) in [6, 6.07) is 2.42. The van der Waals surface area contributed by atoms with Crippen LogP contribution in [-0.2, 0) is 0 Å². The van der Waals surface area contributed by atoms with Gasteiger partial charge in [0.25, 0.3) is 11.8 Å². The molecule has 3 N–H and O–H groups in total. The lowest BCUT2D eigenvalue weighted by molar-refractivity contribution is 0.0527. The number of piperidine rings is 1. The van der Waals surface area contributed by atoms with Crippen molar-refractivity contribution in [1.29, 1.82) is 0 Å². The van der Waals surface area contributed by atoms with Gasteiger partial charge >= 0.3 is 0 Å². The highest BCUT2D eigenvalue weighted by Gasteiger charge is 2.39. The maximum Gasteiger partial charge on any atom is 0.275 e. The van der Waals surface area contributed by atoms with E-state index in [-0.39, 0.29) is 45.0 Å². The number of halogens is 3. The van der Waals surface area contributed by atoms with Crippen molar-refractivity contribution in [2.24, 2.45) is 0 Å². The summed E-state index contributed by atoms with van der Waals surface area (Å²) in [5.74, 6) is -1.67. The summed E-state index contributed by atoms with van der Waals surface area (Å²) in [5, 5.41) is 8.99. The van der Waals surface area contributed by atoms with Gasteiger partial charge in [0.2, 0.25) is 5.88 Å². The van der Waals surface area contributed by atoms with Crippen molar-refractivity contribution in [3.8, 4) is 5.88 Å². The molecule has 0 saturated carbocycles. The lowest BCUT2D eigenvalue weighted by Gasteiger charge is -2.46. The first-order valence-electron chi connectivity index (χ1n) is 16.2. The highest BCUT2D eigenvalue weighted by atomic mass is 35.5. The molecule has 0 spiro atoms. The van der Waals surface area contributed by atoms with Crippen molar-refractivity contribution in [3.63, 3.8) is 0 Å². The van der Waals surface area contributed by atoms with Crippen molar-refractivity contribution in [2.75, 3.05) is 10.6 Å². The van der Waals surface area contributed by atoms with Crippen molar-refractivity contribution in [3.05, 3.63) is 101 Å². The van der Waals surface area contributed by atoms with Crippen molar-refractivity contribution in [1.82, 2.24) is 44.0 Å². The van der Waals surface area contributed by atoms with Gasteiger partial charge in [-0.25, -0.2) is 38.7 Å². The number of fused-ring (bicyclic) bond motifs is 2. The van der Waals surface area contributed by atoms with E-state index in [1.165, 1.54) is 45.7 Å². The molecule has 14 nitrogen and oxygen atoms in total. The van der Waals surface area contributed by atoms with Crippen molar-refractivity contribution < 1.29 is 23.1 Å². The van der Waals surface area contributed by atoms with Gasteiger partial charge in [-0.2, -0.15) is 0 Å². The number of ether oxygens (including phenoxy) is 1. The average molecular weight is 732 g/mol. The van der Waals surface area contributed by atoms with Crippen LogP contribution in [-0.4, -0.2) is 67.7 Å². The lowest BCUT2D eigenvalue weighted by atomic mass is 9.81. The third kappa shape index (κ3) is 8.63. The van der Waals surface area contributed by atoms with Crippen LogP contribution in [0.4, 0.5) is 20.2 Å². The average Bonchev–Trinajstić information content (AvgIpc) is 3.62. The van der Waals surface area contributed by atoms with Gasteiger partial charge in [0.15, 0.2) is 22.9 Å². The molecule has 0 aromatic carbocycles. The Hall–Kier alpha value is -5.61. The normalized spacial score (nSPS) is 15.2. The van der Waals surface area contributed by atoms with Gasteiger partial charge in [-0.15, -0.1) is 0 Å². The monoisotopic (exact) mass is 731 g/mol. The Labute approximate surface area is 302 Å². The second-order valence-electron chi connectivity index (χ2n) is 13.8. The zero-order chi connectivity index (χ0) is 37.4. The lowest BCUT2D eigenvalue weighted by Crippen LogP contribution is -2.60. The number of carbonyl (C=O) groups excluding carboxylic acids is 2. The number of amides is 2. The molecule has 0 atom stereocenters. The van der Waals surface area contributed by atoms with Crippen molar-refractivity contribution >= 4 is 46.1 Å². The zero-order valence-corrected chi connectivity index (χ0v) is 30.0. The molecule has 270 valence electrons. The Bertz CT molecular complexity index is 2260. The molecule has 0 radical (unpaired) electrons. The van der Waals surface area contributed by atoms with Crippen LogP contribution >= 0.6 is 11.6 Å². The maximum absolute atomic E-state index is 14.2. The molecule has 52 heavy (non-hydrogen) atoms. The molecule has 17 heteroatoms. The summed E-state index contributed by atoms with van der Waals surface area (Å²) in [6.45, 7) is 12.1. The van der Waals surface area contributed by atoms with Crippen LogP contribution in [0.5, 0.6) is 5.88 Å². The van der Waals surface area contributed by atoms with Gasteiger partial charge in [0.05, 0.1) is 47.6 Å². The third-order valence-electron chi connectivity index (χ3n) is 7.92. The number of imidazole rings is 2. The number of hydrogen-bond acceptors (Lipinski definition) is 10. The molecule has 0 bridgehead atoms. The number of aromatic nitrogens is 8. The smallest absolute Gasteiger partial charge is 0.275 e. The number of hydrogen-bond donors (Lipinski definition) is 3. The largest absolute Gasteiger partial charge is 0.473 e. The van der Waals surface area contributed by atoms with E-state index < -0.39 is 23.4 Å². The minimum absolute atomic E-state index is 0.00596. The second-order valence-corrected chi connectivity index (χ2v) is 14.2. The molecule has 1 aliphatic rings. The molecular formula is C35H36ClF2N11O3. The Kier molecular flexibility index (Phi) is 9.88. The summed E-state index contributed by atoms with van der Waals surface area (Å²) < 4.78 is 37.2. The number of rotatable bonds is 6. The summed E-state index contributed by atoms with van der Waals surface area (Å²) in [6.07, 6.45) is 13.5. The van der Waals surface area contributed by atoms with Gasteiger partial charge < -0.3 is 29.5 Å². The first kappa shape index (κ1) is 36.2. The van der Waals surface area contributed by atoms with E-state index >= 15 is 0 Å². The van der Waals surface area contributed by atoms with Crippen LogP contribution in [0.25, 0.3) is 11.3 Å². The van der Waals surface area contributed by atoms with Crippen LogP contribution in [0.15, 0.2) is 61.7 Å². The van der Waals surface area contributed by atoms with E-state index in [0.717, 1.165) is 12.8 Å². The molecule has 7 rings (SSSR count). The number of carbonyl (C=O) groups is 2. The van der Waals surface area contributed by atoms with Crippen LogP contribution in [0.2, 0.25) is 5.15 Å². The minimum Gasteiger partial charge on any atom is -0.473 e. The Morgan fingerprint density at radius 2 is 1.25 bits per heavy atom. The van der Waals surface area contributed by atoms with Crippen LogP contribution in [0, 0.1) is 25.5 Å². The number of pyridine rings is 2. The molecule has 6 aromatic heterocycles. The molecule has 0 aliphatic carbocycles. The van der Waals surface area contributed by atoms with E-state index in [2.05, 4.69) is 73.5 Å². The summed E-state index contributed by atoms with van der Waals surface area (Å²) in [4.78, 5) is 48.7. The van der Waals surface area contributed by atoms with Gasteiger partial charge in [0.1, 0.15) is 22.6 Å². The van der Waals surface area contributed by atoms with Gasteiger partial charge in [-0.05, 0) is 41.5 Å². The number of aryl methyl sites for hydroxylation is 2. The zero-order valence-electron chi connectivity index (χ0n) is 29.2. The molecule has 2 amide bonds. The fourth-order valence-corrected chi connectivity index (χ4v) is 6.39. The number of nitrogens with zero attached hydrogens (tertiary/aromatic N) is 8. The highest BCUT2D eigenvalue weighted by molar-refractivity contribution is 6.29. The second kappa shape index (κ2) is 14.2. The van der Waals surface area contributed by atoms with Crippen LogP contribution < -0.4 is 20.7 Å².